The van der Waals surface area contributed by atoms with Gasteiger partial charge in [-0.15, -0.1) is 0 Å². The van der Waals surface area contributed by atoms with Crippen molar-refractivity contribution in [2.24, 2.45) is 0 Å². The Morgan fingerprint density at radius 3 is 2.73 bits per heavy atom. The molecule has 0 aliphatic carbocycles. The summed E-state index contributed by atoms with van der Waals surface area (Å²) in [6, 6.07) is 8.64. The Balaban J connectivity index is 1.42. The normalized spacial score (nSPS) is 19.2. The number of rotatable bonds is 4. The van der Waals surface area contributed by atoms with Crippen molar-refractivity contribution in [2.45, 2.75) is 24.3 Å². The van der Waals surface area contributed by atoms with Gasteiger partial charge in [0.25, 0.3) is 0 Å². The number of ether oxygens (including phenoxy) is 2. The third-order valence-electron chi connectivity index (χ3n) is 5.54. The molecule has 0 radical (unpaired) electrons. The smallest absolute Gasteiger partial charge is 0.243 e. The number of pyridine rings is 1. The number of fused-ring (bicyclic) bond motifs is 1. The number of nitrogens with zero attached hydrogens (tertiary/aromatic N) is 4. The third kappa shape index (κ3) is 3.23. The summed E-state index contributed by atoms with van der Waals surface area (Å²) in [6.07, 6.45) is 6.03. The molecule has 3 aromatic rings. The number of aromatic nitrogens is 3. The average Bonchev–Trinajstić information content (AvgIpc) is 3.41. The SMILES string of the molecule is Cc1cnc(-c2cccnc2)n1C1CCN(S(=O)(=O)c2ccc3c(c2)OCCO3)C1. The molecular weight excluding hydrogens is 404 g/mol. The highest BCUT2D eigenvalue weighted by Gasteiger charge is 2.35. The first-order valence-corrected chi connectivity index (χ1v) is 11.3. The zero-order valence-corrected chi connectivity index (χ0v) is 17.4. The fourth-order valence-corrected chi connectivity index (χ4v) is 5.60. The maximum absolute atomic E-state index is 13.3. The van der Waals surface area contributed by atoms with Crippen molar-refractivity contribution in [3.63, 3.8) is 0 Å². The van der Waals surface area contributed by atoms with Crippen LogP contribution < -0.4 is 9.47 Å². The molecule has 2 aliphatic heterocycles. The highest BCUT2D eigenvalue weighted by atomic mass is 32.2. The van der Waals surface area contributed by atoms with Gasteiger partial charge in [-0.2, -0.15) is 4.31 Å². The molecule has 2 aliphatic rings. The van der Waals surface area contributed by atoms with Crippen molar-refractivity contribution in [1.82, 2.24) is 18.8 Å². The molecule has 8 nitrogen and oxygen atoms in total. The van der Waals surface area contributed by atoms with Crippen molar-refractivity contribution in [3.8, 4) is 22.9 Å². The summed E-state index contributed by atoms with van der Waals surface area (Å²) in [4.78, 5) is 8.96. The Labute approximate surface area is 175 Å². The Morgan fingerprint density at radius 1 is 1.10 bits per heavy atom. The zero-order chi connectivity index (χ0) is 20.7. The summed E-state index contributed by atoms with van der Waals surface area (Å²) in [5.41, 5.74) is 1.91. The molecule has 1 unspecified atom stereocenters. The lowest BCUT2D eigenvalue weighted by Crippen LogP contribution is -2.29. The van der Waals surface area contributed by atoms with Crippen LogP contribution in [0.1, 0.15) is 18.2 Å². The van der Waals surface area contributed by atoms with Crippen LogP contribution in [0.3, 0.4) is 0 Å². The lowest BCUT2D eigenvalue weighted by Gasteiger charge is -2.22. The minimum atomic E-state index is -3.63. The van der Waals surface area contributed by atoms with E-state index in [-0.39, 0.29) is 10.9 Å². The number of hydrogen-bond donors (Lipinski definition) is 0. The van der Waals surface area contributed by atoms with Crippen LogP contribution in [0.4, 0.5) is 0 Å². The van der Waals surface area contributed by atoms with Gasteiger partial charge in [-0.05, 0) is 37.6 Å². The second kappa shape index (κ2) is 7.41. The minimum absolute atomic E-state index is 0.00897. The molecule has 4 heterocycles. The molecule has 1 aromatic carbocycles. The Bertz CT molecular complexity index is 1180. The molecule has 0 N–H and O–H groups in total. The first-order chi connectivity index (χ1) is 14.5. The van der Waals surface area contributed by atoms with Crippen LogP contribution in [-0.4, -0.2) is 53.6 Å². The van der Waals surface area contributed by atoms with Crippen molar-refractivity contribution in [2.75, 3.05) is 26.3 Å². The monoisotopic (exact) mass is 426 g/mol. The molecule has 0 amide bonds. The van der Waals surface area contributed by atoms with Crippen molar-refractivity contribution < 1.29 is 17.9 Å². The van der Waals surface area contributed by atoms with Gasteiger partial charge in [0.15, 0.2) is 11.5 Å². The second-order valence-corrected chi connectivity index (χ2v) is 9.38. The molecule has 0 saturated carbocycles. The van der Waals surface area contributed by atoms with Gasteiger partial charge in [0.2, 0.25) is 10.0 Å². The first kappa shape index (κ1) is 19.1. The number of hydrogen-bond acceptors (Lipinski definition) is 6. The van der Waals surface area contributed by atoms with E-state index in [1.54, 1.807) is 30.6 Å². The molecule has 5 rings (SSSR count). The summed E-state index contributed by atoms with van der Waals surface area (Å²) < 4.78 is 41.3. The van der Waals surface area contributed by atoms with Gasteiger partial charge < -0.3 is 14.0 Å². The Hall–Kier alpha value is -2.91. The van der Waals surface area contributed by atoms with Crippen LogP contribution in [-0.2, 0) is 10.0 Å². The van der Waals surface area contributed by atoms with Crippen LogP contribution in [0, 0.1) is 6.92 Å². The van der Waals surface area contributed by atoms with E-state index >= 15 is 0 Å². The highest BCUT2D eigenvalue weighted by Crippen LogP contribution is 2.36. The molecule has 9 heteroatoms. The number of imidazole rings is 1. The molecular formula is C21H22N4O4S. The van der Waals surface area contributed by atoms with Gasteiger partial charge >= 0.3 is 0 Å². The van der Waals surface area contributed by atoms with Crippen LogP contribution in [0.2, 0.25) is 0 Å². The number of aryl methyl sites for hydroxylation is 1. The molecule has 1 fully saturated rings. The highest BCUT2D eigenvalue weighted by molar-refractivity contribution is 7.89. The lowest BCUT2D eigenvalue weighted by molar-refractivity contribution is 0.171. The van der Waals surface area contributed by atoms with E-state index in [4.69, 9.17) is 9.47 Å². The van der Waals surface area contributed by atoms with E-state index in [1.807, 2.05) is 25.3 Å². The standard InChI is InChI=1S/C21H22N4O4S/c1-15-12-23-21(16-3-2-7-22-13-16)25(15)17-6-8-24(14-17)30(26,27)18-4-5-19-20(11-18)29-10-9-28-19/h2-5,7,11-13,17H,6,8-10,14H2,1H3. The van der Waals surface area contributed by atoms with Crippen LogP contribution in [0.5, 0.6) is 11.5 Å². The summed E-state index contributed by atoms with van der Waals surface area (Å²) in [6.45, 7) is 3.72. The molecule has 0 spiro atoms. The Kier molecular flexibility index (Phi) is 4.71. The van der Waals surface area contributed by atoms with Crippen molar-refractivity contribution in [3.05, 3.63) is 54.6 Å². The van der Waals surface area contributed by atoms with Gasteiger partial charge in [0.1, 0.15) is 19.0 Å². The van der Waals surface area contributed by atoms with E-state index in [2.05, 4.69) is 14.5 Å². The number of sulfonamides is 1. The van der Waals surface area contributed by atoms with Crippen LogP contribution >= 0.6 is 0 Å². The molecule has 1 saturated heterocycles. The van der Waals surface area contributed by atoms with Gasteiger partial charge in [0, 0.05) is 49.0 Å². The van der Waals surface area contributed by atoms with Gasteiger partial charge in [0.05, 0.1) is 10.9 Å². The topological polar surface area (TPSA) is 86.6 Å². The van der Waals surface area contributed by atoms with Crippen molar-refractivity contribution in [1.29, 1.82) is 0 Å². The summed E-state index contributed by atoms with van der Waals surface area (Å²) in [7, 11) is -3.63. The molecule has 2 aromatic heterocycles. The van der Waals surface area contributed by atoms with E-state index in [1.165, 1.54) is 4.31 Å². The van der Waals surface area contributed by atoms with E-state index in [0.717, 1.165) is 17.1 Å². The zero-order valence-electron chi connectivity index (χ0n) is 16.6. The maximum Gasteiger partial charge on any atom is 0.243 e. The van der Waals surface area contributed by atoms with E-state index < -0.39 is 10.0 Å². The quantitative estimate of drug-likeness (QED) is 0.638. The summed E-state index contributed by atoms with van der Waals surface area (Å²) >= 11 is 0. The fourth-order valence-electron chi connectivity index (χ4n) is 4.09. The molecule has 30 heavy (non-hydrogen) atoms. The Morgan fingerprint density at radius 2 is 1.93 bits per heavy atom. The fraction of sp³-hybridized carbons (Fsp3) is 0.333. The second-order valence-electron chi connectivity index (χ2n) is 7.45. The van der Waals surface area contributed by atoms with Crippen LogP contribution in [0.15, 0.2) is 53.8 Å². The van der Waals surface area contributed by atoms with E-state index in [0.29, 0.717) is 44.2 Å². The molecule has 156 valence electrons. The average molecular weight is 426 g/mol. The minimum Gasteiger partial charge on any atom is -0.486 e. The molecule has 0 bridgehead atoms. The maximum atomic E-state index is 13.3. The number of benzene rings is 1. The predicted octanol–water partition coefficient (Wildman–Crippen LogP) is 2.66. The molecule has 1 atom stereocenters. The van der Waals surface area contributed by atoms with E-state index in [9.17, 15) is 8.42 Å². The van der Waals surface area contributed by atoms with Gasteiger partial charge in [-0.1, -0.05) is 0 Å². The van der Waals surface area contributed by atoms with Gasteiger partial charge in [-0.25, -0.2) is 13.4 Å². The van der Waals surface area contributed by atoms with Crippen molar-refractivity contribution >= 4 is 10.0 Å². The largest absolute Gasteiger partial charge is 0.486 e. The summed E-state index contributed by atoms with van der Waals surface area (Å²) in [5.74, 6) is 1.86. The van der Waals surface area contributed by atoms with Crippen LogP contribution in [0.25, 0.3) is 11.4 Å². The summed E-state index contributed by atoms with van der Waals surface area (Å²) in [5, 5.41) is 0. The predicted molar refractivity (Wildman–Crippen MR) is 110 cm³/mol. The first-order valence-electron chi connectivity index (χ1n) is 9.88. The van der Waals surface area contributed by atoms with Gasteiger partial charge in [-0.3, -0.25) is 4.98 Å². The lowest BCUT2D eigenvalue weighted by atomic mass is 10.2. The third-order valence-corrected chi connectivity index (χ3v) is 7.41.